The molecule has 13 atom stereocenters. The van der Waals surface area contributed by atoms with E-state index in [0.717, 1.165) is 32.4 Å². The monoisotopic (exact) mass is 633 g/mol. The molecular formula is C37H63NO7. The molecule has 6 aliphatic rings. The van der Waals surface area contributed by atoms with E-state index in [4.69, 9.17) is 18.9 Å². The Morgan fingerprint density at radius 3 is 2.38 bits per heavy atom. The van der Waals surface area contributed by atoms with Crippen molar-refractivity contribution in [2.24, 2.45) is 50.7 Å². The van der Waals surface area contributed by atoms with Gasteiger partial charge in [-0.15, -0.1) is 0 Å². The van der Waals surface area contributed by atoms with Crippen molar-refractivity contribution in [1.29, 1.82) is 0 Å². The van der Waals surface area contributed by atoms with Crippen LogP contribution in [0.3, 0.4) is 0 Å². The molecule has 0 aromatic rings. The summed E-state index contributed by atoms with van der Waals surface area (Å²) in [4.78, 5) is 12.0. The number of methoxy groups -OCH3 is 1. The minimum absolute atomic E-state index is 0.00344. The van der Waals surface area contributed by atoms with Crippen LogP contribution < -0.4 is 5.32 Å². The number of hydrogen-bond acceptors (Lipinski definition) is 8. The van der Waals surface area contributed by atoms with Gasteiger partial charge in [-0.3, -0.25) is 4.79 Å². The Kier molecular flexibility index (Phi) is 8.64. The van der Waals surface area contributed by atoms with Gasteiger partial charge in [0.1, 0.15) is 0 Å². The van der Waals surface area contributed by atoms with E-state index in [-0.39, 0.29) is 40.7 Å². The average Bonchev–Trinajstić information content (AvgIpc) is 3.59. The third-order valence-corrected chi connectivity index (χ3v) is 15.3. The van der Waals surface area contributed by atoms with E-state index in [1.54, 1.807) is 21.0 Å². The van der Waals surface area contributed by atoms with Gasteiger partial charge in [0.2, 0.25) is 0 Å². The lowest BCUT2D eigenvalue weighted by Gasteiger charge is -2.64. The largest absolute Gasteiger partial charge is 0.457 e. The Balaban J connectivity index is 1.21. The molecule has 1 heterocycles. The summed E-state index contributed by atoms with van der Waals surface area (Å²) in [5.41, 5.74) is -0.591. The first-order valence-corrected chi connectivity index (χ1v) is 18.1. The van der Waals surface area contributed by atoms with E-state index < -0.39 is 23.8 Å². The quantitative estimate of drug-likeness (QED) is 0.287. The molecule has 0 bridgehead atoms. The Labute approximate surface area is 272 Å². The van der Waals surface area contributed by atoms with Crippen LogP contribution in [0.4, 0.5) is 0 Å². The maximum Gasteiger partial charge on any atom is 0.303 e. The van der Waals surface area contributed by atoms with Gasteiger partial charge < -0.3 is 34.5 Å². The van der Waals surface area contributed by atoms with Gasteiger partial charge in [-0.05, 0) is 117 Å². The van der Waals surface area contributed by atoms with E-state index in [1.807, 2.05) is 0 Å². The SMILES string of the molecule is COC(C[C@@H](C)[C@H]1C[C@H](O)[C@@]2(C)C3CCC4C(C)(C)C(OC5CNCCO5)CCC45CC35CCC12C)[C@H](OC(C)=O)C(C)(C)O. The van der Waals surface area contributed by atoms with Crippen molar-refractivity contribution in [2.75, 3.05) is 26.8 Å². The number of hydrogen-bond donors (Lipinski definition) is 3. The number of fused-ring (bicyclic) bond motifs is 2. The predicted molar refractivity (Wildman–Crippen MR) is 172 cm³/mol. The first-order chi connectivity index (χ1) is 21.0. The number of ether oxygens (including phenoxy) is 4. The van der Waals surface area contributed by atoms with Crippen molar-refractivity contribution in [3.8, 4) is 0 Å². The van der Waals surface area contributed by atoms with Gasteiger partial charge >= 0.3 is 5.97 Å². The second kappa shape index (κ2) is 11.4. The van der Waals surface area contributed by atoms with Crippen molar-refractivity contribution in [3.05, 3.63) is 0 Å². The van der Waals surface area contributed by atoms with Gasteiger partial charge in [0.25, 0.3) is 0 Å². The van der Waals surface area contributed by atoms with E-state index in [0.29, 0.717) is 41.6 Å². The highest BCUT2D eigenvalue weighted by Gasteiger charge is 2.83. The molecule has 5 saturated carbocycles. The first kappa shape index (κ1) is 34.1. The number of esters is 1. The summed E-state index contributed by atoms with van der Waals surface area (Å²) in [5.74, 6) is 1.31. The number of aliphatic hydroxyl groups excluding tert-OH is 1. The maximum atomic E-state index is 12.1. The molecule has 6 rings (SSSR count). The summed E-state index contributed by atoms with van der Waals surface area (Å²) in [6.07, 6.45) is 8.43. The minimum atomic E-state index is -1.23. The van der Waals surface area contributed by atoms with Gasteiger partial charge in [-0.1, -0.05) is 34.6 Å². The van der Waals surface area contributed by atoms with E-state index >= 15 is 0 Å². The van der Waals surface area contributed by atoms with Gasteiger partial charge in [-0.25, -0.2) is 0 Å². The van der Waals surface area contributed by atoms with Crippen LogP contribution in [0.2, 0.25) is 0 Å². The standard InChI is InChI=1S/C37H63NO7/c1-22(18-25(42-9)31(33(5,6)41)44-23(2)39)24-19-28(40)35(8)27-11-10-26-32(3,4)29(45-30-20-38-16-17-43-30)12-13-36(26)21-37(27,36)15-14-34(24,35)7/h22,24-31,38,40-41H,10-21H2,1-9H3/t22-,24-,25?,26?,27?,28+,29?,30?,31+,34?,35-,36?,37?/m1/s1. The summed E-state index contributed by atoms with van der Waals surface area (Å²) < 4.78 is 24.2. The molecule has 6 fully saturated rings. The molecule has 2 spiro atoms. The zero-order valence-corrected chi connectivity index (χ0v) is 29.6. The molecule has 258 valence electrons. The number of rotatable bonds is 9. The van der Waals surface area contributed by atoms with Crippen LogP contribution in [0, 0.1) is 50.7 Å². The molecule has 8 unspecified atom stereocenters. The Morgan fingerprint density at radius 2 is 1.76 bits per heavy atom. The van der Waals surface area contributed by atoms with Gasteiger partial charge in [-0.2, -0.15) is 0 Å². The zero-order valence-electron chi connectivity index (χ0n) is 29.6. The summed E-state index contributed by atoms with van der Waals surface area (Å²) in [6.45, 7) is 19.3. The normalized spacial score (nSPS) is 47.4. The minimum Gasteiger partial charge on any atom is -0.457 e. The fraction of sp³-hybridized carbons (Fsp3) is 0.973. The molecular weight excluding hydrogens is 570 g/mol. The number of nitrogens with one attached hydrogen (secondary N) is 1. The highest BCUT2D eigenvalue weighted by Crippen LogP contribution is 2.89. The zero-order chi connectivity index (χ0) is 32.8. The summed E-state index contributed by atoms with van der Waals surface area (Å²) in [6, 6.07) is 0. The van der Waals surface area contributed by atoms with Crippen molar-refractivity contribution in [1.82, 2.24) is 5.32 Å². The highest BCUT2D eigenvalue weighted by molar-refractivity contribution is 5.66. The molecule has 8 heteroatoms. The van der Waals surface area contributed by atoms with E-state index in [9.17, 15) is 15.0 Å². The average molecular weight is 634 g/mol. The molecule has 0 radical (unpaired) electrons. The molecule has 8 nitrogen and oxygen atoms in total. The van der Waals surface area contributed by atoms with Gasteiger partial charge in [0.05, 0.1) is 30.5 Å². The van der Waals surface area contributed by atoms with Crippen LogP contribution in [-0.4, -0.2) is 79.3 Å². The van der Waals surface area contributed by atoms with Crippen LogP contribution >= 0.6 is 0 Å². The van der Waals surface area contributed by atoms with Crippen LogP contribution in [0.25, 0.3) is 0 Å². The predicted octanol–water partition coefficient (Wildman–Crippen LogP) is 5.47. The Hall–Kier alpha value is -0.770. The van der Waals surface area contributed by atoms with Crippen LogP contribution in [0.1, 0.15) is 113 Å². The number of morpholine rings is 1. The Morgan fingerprint density at radius 1 is 1.07 bits per heavy atom. The van der Waals surface area contributed by atoms with Gasteiger partial charge in [0, 0.05) is 32.5 Å². The topological polar surface area (TPSA) is 106 Å². The summed E-state index contributed by atoms with van der Waals surface area (Å²) in [7, 11) is 1.64. The van der Waals surface area contributed by atoms with Crippen molar-refractivity contribution < 1.29 is 34.0 Å². The molecule has 5 aliphatic carbocycles. The number of carbonyl (C=O) groups is 1. The fourth-order valence-corrected chi connectivity index (χ4v) is 13.0. The lowest BCUT2D eigenvalue weighted by atomic mass is 9.41. The summed E-state index contributed by atoms with van der Waals surface area (Å²) >= 11 is 0. The molecule has 1 aliphatic heterocycles. The molecule has 0 aromatic heterocycles. The van der Waals surface area contributed by atoms with Crippen molar-refractivity contribution in [2.45, 2.75) is 149 Å². The third-order valence-electron chi connectivity index (χ3n) is 15.3. The van der Waals surface area contributed by atoms with E-state index in [2.05, 4.69) is 39.9 Å². The van der Waals surface area contributed by atoms with Crippen molar-refractivity contribution >= 4 is 5.97 Å². The maximum absolute atomic E-state index is 12.1. The number of aliphatic hydroxyl groups is 2. The second-order valence-corrected chi connectivity index (χ2v) is 17.9. The molecule has 3 N–H and O–H groups in total. The smallest absolute Gasteiger partial charge is 0.303 e. The van der Waals surface area contributed by atoms with E-state index in [1.165, 1.54) is 39.0 Å². The molecule has 45 heavy (non-hydrogen) atoms. The first-order valence-electron chi connectivity index (χ1n) is 18.1. The Bertz CT molecular complexity index is 1120. The second-order valence-electron chi connectivity index (χ2n) is 17.9. The fourth-order valence-electron chi connectivity index (χ4n) is 13.0. The molecule has 0 aromatic carbocycles. The van der Waals surface area contributed by atoms with Crippen LogP contribution in [-0.2, 0) is 23.7 Å². The van der Waals surface area contributed by atoms with Crippen molar-refractivity contribution in [3.63, 3.8) is 0 Å². The van der Waals surface area contributed by atoms with Crippen LogP contribution in [0.5, 0.6) is 0 Å². The van der Waals surface area contributed by atoms with Gasteiger partial charge in [0.15, 0.2) is 12.4 Å². The number of carbonyl (C=O) groups excluding carboxylic acids is 1. The molecule has 0 amide bonds. The lowest BCUT2D eigenvalue weighted by molar-refractivity contribution is -0.237. The summed E-state index contributed by atoms with van der Waals surface area (Å²) in [5, 5.41) is 26.5. The molecule has 1 saturated heterocycles. The highest BCUT2D eigenvalue weighted by atomic mass is 16.7. The van der Waals surface area contributed by atoms with Crippen LogP contribution in [0.15, 0.2) is 0 Å². The lowest BCUT2D eigenvalue weighted by Crippen LogP contribution is -2.60. The third kappa shape index (κ3) is 5.00.